The quantitative estimate of drug-likeness (QED) is 0.389. The molecule has 2 aliphatic rings. The van der Waals surface area contributed by atoms with Crippen molar-refractivity contribution in [2.45, 2.75) is 0 Å². The van der Waals surface area contributed by atoms with Gasteiger partial charge in [0.1, 0.15) is 5.92 Å². The van der Waals surface area contributed by atoms with Crippen LogP contribution in [0.2, 0.25) is 0 Å². The Morgan fingerprint density at radius 2 is 2.17 bits per heavy atom. The Labute approximate surface area is 69.0 Å². The highest BCUT2D eigenvalue weighted by molar-refractivity contribution is 6.09. The number of fused-ring (bicyclic) bond motifs is 1. The van der Waals surface area contributed by atoms with Gasteiger partial charge in [0, 0.05) is 0 Å². The van der Waals surface area contributed by atoms with E-state index in [-0.39, 0.29) is 0 Å². The first-order valence-electron chi connectivity index (χ1n) is 3.53. The molecular weight excluding hydrogens is 156 g/mol. The van der Waals surface area contributed by atoms with E-state index < -0.39 is 17.9 Å². The molecule has 0 saturated carbocycles. The van der Waals surface area contributed by atoms with Crippen molar-refractivity contribution in [2.24, 2.45) is 5.92 Å². The first-order chi connectivity index (χ1) is 5.70. The van der Waals surface area contributed by atoms with Crippen LogP contribution in [0, 0.1) is 5.92 Å². The Bertz CT molecular complexity index is 345. The first kappa shape index (κ1) is 7.03. The van der Waals surface area contributed by atoms with Crippen LogP contribution in [0.5, 0.6) is 0 Å². The molecule has 1 aliphatic heterocycles. The van der Waals surface area contributed by atoms with Crippen LogP contribution >= 0.6 is 0 Å². The van der Waals surface area contributed by atoms with Gasteiger partial charge < -0.3 is 4.74 Å². The first-order valence-corrected chi connectivity index (χ1v) is 3.53. The zero-order valence-corrected chi connectivity index (χ0v) is 6.24. The summed E-state index contributed by atoms with van der Waals surface area (Å²) in [6.07, 6.45) is 4.98. The molecule has 60 valence electrons. The van der Waals surface area contributed by atoms with Crippen LogP contribution in [0.25, 0.3) is 0 Å². The minimum absolute atomic E-state index is 0.396. The van der Waals surface area contributed by atoms with E-state index in [4.69, 9.17) is 0 Å². The Morgan fingerprint density at radius 3 is 2.83 bits per heavy atom. The molecule has 3 heteroatoms. The van der Waals surface area contributed by atoms with Crippen molar-refractivity contribution < 1.29 is 14.3 Å². The second kappa shape index (κ2) is 2.17. The predicted octanol–water partition coefficient (Wildman–Crippen LogP) is 0.738. The van der Waals surface area contributed by atoms with Gasteiger partial charge >= 0.3 is 11.9 Å². The highest BCUT2D eigenvalue weighted by Crippen LogP contribution is 2.31. The average molecular weight is 162 g/mol. The Kier molecular flexibility index (Phi) is 1.27. The largest absolute Gasteiger partial charge is 0.389 e. The molecule has 1 atom stereocenters. The van der Waals surface area contributed by atoms with Crippen molar-refractivity contribution >= 4 is 11.9 Å². The molecule has 0 aromatic heterocycles. The zero-order chi connectivity index (χ0) is 8.72. The topological polar surface area (TPSA) is 43.4 Å². The number of esters is 2. The number of allylic oxidation sites excluding steroid dienone is 3. The molecule has 1 fully saturated rings. The highest BCUT2D eigenvalue weighted by Gasteiger charge is 2.40. The van der Waals surface area contributed by atoms with E-state index in [2.05, 4.69) is 11.3 Å². The minimum atomic E-state index is -0.553. The van der Waals surface area contributed by atoms with Gasteiger partial charge in [-0.1, -0.05) is 24.8 Å². The number of cyclic esters (lactones) is 2. The fourth-order valence-corrected chi connectivity index (χ4v) is 1.34. The van der Waals surface area contributed by atoms with E-state index >= 15 is 0 Å². The molecule has 0 amide bonds. The highest BCUT2D eigenvalue weighted by atomic mass is 16.6. The maximum Gasteiger partial charge on any atom is 0.342 e. The number of carbonyl (C=O) groups is 2. The normalized spacial score (nSPS) is 26.8. The van der Waals surface area contributed by atoms with Gasteiger partial charge in [0.15, 0.2) is 0 Å². The van der Waals surface area contributed by atoms with Crippen molar-refractivity contribution in [3.05, 3.63) is 36.0 Å². The van der Waals surface area contributed by atoms with Gasteiger partial charge in [0.25, 0.3) is 0 Å². The third-order valence-electron chi connectivity index (χ3n) is 1.93. The number of carbonyl (C=O) groups excluding carboxylic acids is 2. The summed E-state index contributed by atoms with van der Waals surface area (Å²) in [7, 11) is 0. The average Bonchev–Trinajstić information content (AvgIpc) is 2.29. The van der Waals surface area contributed by atoms with Crippen LogP contribution in [-0.2, 0) is 14.3 Å². The summed E-state index contributed by atoms with van der Waals surface area (Å²) in [4.78, 5) is 22.0. The molecule has 0 aromatic rings. The minimum Gasteiger partial charge on any atom is -0.389 e. The van der Waals surface area contributed by atoms with Crippen LogP contribution < -0.4 is 0 Å². The summed E-state index contributed by atoms with van der Waals surface area (Å²) in [5.41, 5.74) is 1.01. The SMILES string of the molecule is C=C1C=CC=C2C(=O)OC(=O)C12. The number of rotatable bonds is 0. The van der Waals surface area contributed by atoms with Gasteiger partial charge in [-0.2, -0.15) is 0 Å². The smallest absolute Gasteiger partial charge is 0.342 e. The molecule has 1 unspecified atom stereocenters. The van der Waals surface area contributed by atoms with Crippen LogP contribution in [0.15, 0.2) is 36.0 Å². The van der Waals surface area contributed by atoms with Gasteiger partial charge in [-0.3, -0.25) is 4.79 Å². The molecule has 12 heavy (non-hydrogen) atoms. The second-order valence-corrected chi connectivity index (χ2v) is 2.70. The molecule has 1 aliphatic carbocycles. The molecule has 1 saturated heterocycles. The molecular formula is C9H6O3. The Hall–Kier alpha value is -1.64. The van der Waals surface area contributed by atoms with E-state index in [9.17, 15) is 9.59 Å². The molecule has 0 radical (unpaired) electrons. The van der Waals surface area contributed by atoms with Gasteiger partial charge in [-0.25, -0.2) is 4.79 Å². The van der Waals surface area contributed by atoms with Crippen LogP contribution in [-0.4, -0.2) is 11.9 Å². The maximum absolute atomic E-state index is 11.1. The number of hydrogen-bond donors (Lipinski definition) is 0. The van der Waals surface area contributed by atoms with E-state index in [1.165, 1.54) is 0 Å². The van der Waals surface area contributed by atoms with Crippen molar-refractivity contribution in [3.63, 3.8) is 0 Å². The van der Waals surface area contributed by atoms with Crippen molar-refractivity contribution in [1.29, 1.82) is 0 Å². The van der Waals surface area contributed by atoms with E-state index in [1.807, 2.05) is 0 Å². The Balaban J connectivity index is 2.51. The molecule has 1 heterocycles. The zero-order valence-electron chi connectivity index (χ0n) is 6.24. The molecule has 0 spiro atoms. The molecule has 3 nitrogen and oxygen atoms in total. The summed E-state index contributed by atoms with van der Waals surface area (Å²) in [5.74, 6) is -1.61. The summed E-state index contributed by atoms with van der Waals surface area (Å²) >= 11 is 0. The number of hydrogen-bond acceptors (Lipinski definition) is 3. The second-order valence-electron chi connectivity index (χ2n) is 2.70. The van der Waals surface area contributed by atoms with Crippen molar-refractivity contribution in [2.75, 3.05) is 0 Å². The van der Waals surface area contributed by atoms with Gasteiger partial charge in [-0.15, -0.1) is 0 Å². The molecule has 2 rings (SSSR count). The predicted molar refractivity (Wildman–Crippen MR) is 41.0 cm³/mol. The lowest BCUT2D eigenvalue weighted by atomic mass is 9.90. The molecule has 0 N–H and O–H groups in total. The molecule has 0 aromatic carbocycles. The third-order valence-corrected chi connectivity index (χ3v) is 1.93. The van der Waals surface area contributed by atoms with E-state index in [1.54, 1.807) is 18.2 Å². The van der Waals surface area contributed by atoms with Gasteiger partial charge in [0.05, 0.1) is 5.57 Å². The summed E-state index contributed by atoms with van der Waals surface area (Å²) in [5, 5.41) is 0. The summed E-state index contributed by atoms with van der Waals surface area (Å²) < 4.78 is 4.43. The van der Waals surface area contributed by atoms with Crippen molar-refractivity contribution in [3.8, 4) is 0 Å². The van der Waals surface area contributed by atoms with Crippen molar-refractivity contribution in [1.82, 2.24) is 0 Å². The van der Waals surface area contributed by atoms with E-state index in [0.29, 0.717) is 11.1 Å². The monoisotopic (exact) mass is 162 g/mol. The standard InChI is InChI=1S/C9H6O3/c1-5-3-2-4-6-7(5)9(11)12-8(6)10/h2-4,7H,1H2. The van der Waals surface area contributed by atoms with Crippen LogP contribution in [0.4, 0.5) is 0 Å². The lowest BCUT2D eigenvalue weighted by Gasteiger charge is -2.08. The summed E-state index contributed by atoms with van der Waals surface area (Å²) in [6.45, 7) is 3.66. The lowest BCUT2D eigenvalue weighted by molar-refractivity contribution is -0.152. The summed E-state index contributed by atoms with van der Waals surface area (Å²) in [6, 6.07) is 0. The number of ether oxygens (including phenoxy) is 1. The fraction of sp³-hybridized carbons (Fsp3) is 0.111. The Morgan fingerprint density at radius 1 is 1.42 bits per heavy atom. The third kappa shape index (κ3) is 0.763. The van der Waals surface area contributed by atoms with Crippen LogP contribution in [0.1, 0.15) is 0 Å². The van der Waals surface area contributed by atoms with Gasteiger partial charge in [0.2, 0.25) is 0 Å². The van der Waals surface area contributed by atoms with E-state index in [0.717, 1.165) is 0 Å². The fourth-order valence-electron chi connectivity index (χ4n) is 1.34. The molecule has 0 bridgehead atoms. The van der Waals surface area contributed by atoms with Gasteiger partial charge in [-0.05, 0) is 5.57 Å². The lowest BCUT2D eigenvalue weighted by Crippen LogP contribution is -2.12. The van der Waals surface area contributed by atoms with Crippen LogP contribution in [0.3, 0.4) is 0 Å². The maximum atomic E-state index is 11.1.